The van der Waals surface area contributed by atoms with Crippen LogP contribution in [0.25, 0.3) is 0 Å². The highest BCUT2D eigenvalue weighted by atomic mass is 35.5. The zero-order chi connectivity index (χ0) is 20.6. The minimum atomic E-state index is -0.116. The summed E-state index contributed by atoms with van der Waals surface area (Å²) >= 11 is 12.5. The molecule has 0 N–H and O–H groups in total. The molecule has 1 saturated heterocycles. The first-order chi connectivity index (χ1) is 14.1. The topological polar surface area (TPSA) is 54.9 Å². The Morgan fingerprint density at radius 3 is 2.48 bits per heavy atom. The van der Waals surface area contributed by atoms with Gasteiger partial charge in [0.1, 0.15) is 0 Å². The van der Waals surface area contributed by atoms with E-state index in [1.54, 1.807) is 24.5 Å². The third kappa shape index (κ3) is 6.06. The molecule has 1 aromatic carbocycles. The average Bonchev–Trinajstić information content (AvgIpc) is 2.74. The van der Waals surface area contributed by atoms with Crippen molar-refractivity contribution in [1.29, 1.82) is 0 Å². The van der Waals surface area contributed by atoms with E-state index >= 15 is 0 Å². The van der Waals surface area contributed by atoms with Crippen molar-refractivity contribution >= 4 is 29.1 Å². The number of hydrogen-bond acceptors (Lipinski definition) is 5. The minimum absolute atomic E-state index is 0.116. The predicted molar refractivity (Wildman–Crippen MR) is 114 cm³/mol. The molecule has 2 aromatic rings. The van der Waals surface area contributed by atoms with Gasteiger partial charge in [-0.05, 0) is 36.2 Å². The van der Waals surface area contributed by atoms with Gasteiger partial charge in [-0.3, -0.25) is 14.7 Å². The van der Waals surface area contributed by atoms with Crippen LogP contribution in [0.2, 0.25) is 10.0 Å². The molecule has 29 heavy (non-hydrogen) atoms. The highest BCUT2D eigenvalue weighted by Gasteiger charge is 2.20. The average molecular weight is 438 g/mol. The molecule has 1 amide bonds. The Labute approximate surface area is 181 Å². The fraction of sp³-hybridized carbons (Fsp3) is 0.429. The Bertz CT molecular complexity index is 791. The second-order valence-electron chi connectivity index (χ2n) is 6.86. The first-order valence-corrected chi connectivity index (χ1v) is 10.4. The molecule has 0 bridgehead atoms. The standard InChI is InChI=1S/C21H25Cl2N3O3/c1-28-20-18(22)13-17(14-19(20)23)21(27)26(15-16-3-5-24-6-4-16)8-2-7-25-9-11-29-12-10-25/h3-6,13-14H,2,7-12,15H2,1H3. The van der Waals surface area contributed by atoms with E-state index in [-0.39, 0.29) is 5.91 Å². The zero-order valence-corrected chi connectivity index (χ0v) is 18.0. The van der Waals surface area contributed by atoms with Crippen molar-refractivity contribution in [1.82, 2.24) is 14.8 Å². The summed E-state index contributed by atoms with van der Waals surface area (Å²) in [4.78, 5) is 21.5. The number of aromatic nitrogens is 1. The molecule has 0 atom stereocenters. The Hall–Kier alpha value is -1.86. The highest BCUT2D eigenvalue weighted by molar-refractivity contribution is 6.37. The maximum Gasteiger partial charge on any atom is 0.254 e. The summed E-state index contributed by atoms with van der Waals surface area (Å²) in [5, 5.41) is 0.640. The number of amides is 1. The van der Waals surface area contributed by atoms with Crippen LogP contribution < -0.4 is 4.74 Å². The van der Waals surface area contributed by atoms with Gasteiger partial charge < -0.3 is 14.4 Å². The van der Waals surface area contributed by atoms with Crippen molar-refractivity contribution in [3.8, 4) is 5.75 Å². The summed E-state index contributed by atoms with van der Waals surface area (Å²) in [7, 11) is 1.50. The number of hydrogen-bond donors (Lipinski definition) is 0. The van der Waals surface area contributed by atoms with Crippen molar-refractivity contribution in [2.75, 3.05) is 46.5 Å². The van der Waals surface area contributed by atoms with Gasteiger partial charge in [0.05, 0.1) is 30.4 Å². The molecule has 0 saturated carbocycles. The van der Waals surface area contributed by atoms with E-state index in [9.17, 15) is 4.79 Å². The van der Waals surface area contributed by atoms with Gasteiger partial charge in [-0.2, -0.15) is 0 Å². The van der Waals surface area contributed by atoms with Gasteiger partial charge in [0.2, 0.25) is 0 Å². The molecule has 0 spiro atoms. The number of morpholine rings is 1. The van der Waals surface area contributed by atoms with Gasteiger partial charge in [-0.1, -0.05) is 23.2 Å². The van der Waals surface area contributed by atoms with Gasteiger partial charge in [0, 0.05) is 50.7 Å². The number of ether oxygens (including phenoxy) is 2. The maximum absolute atomic E-state index is 13.3. The fourth-order valence-corrected chi connectivity index (χ4v) is 3.97. The summed E-state index contributed by atoms with van der Waals surface area (Å²) in [6.07, 6.45) is 4.33. The van der Waals surface area contributed by atoms with Crippen LogP contribution in [-0.2, 0) is 11.3 Å². The Morgan fingerprint density at radius 1 is 1.21 bits per heavy atom. The lowest BCUT2D eigenvalue weighted by Gasteiger charge is -2.28. The first-order valence-electron chi connectivity index (χ1n) is 9.60. The largest absolute Gasteiger partial charge is 0.494 e. The van der Waals surface area contributed by atoms with Crippen LogP contribution in [0.4, 0.5) is 0 Å². The molecular weight excluding hydrogens is 413 g/mol. The number of carbonyl (C=O) groups is 1. The normalized spacial score (nSPS) is 14.6. The number of pyridine rings is 1. The van der Waals surface area contributed by atoms with Crippen LogP contribution >= 0.6 is 23.2 Å². The Morgan fingerprint density at radius 2 is 1.86 bits per heavy atom. The van der Waals surface area contributed by atoms with Crippen LogP contribution in [0.1, 0.15) is 22.3 Å². The Balaban J connectivity index is 1.73. The number of methoxy groups -OCH3 is 1. The van der Waals surface area contributed by atoms with Crippen molar-refractivity contribution in [2.45, 2.75) is 13.0 Å². The molecule has 156 valence electrons. The molecule has 6 nitrogen and oxygen atoms in total. The highest BCUT2D eigenvalue weighted by Crippen LogP contribution is 2.34. The first kappa shape index (κ1) is 21.8. The third-order valence-electron chi connectivity index (χ3n) is 4.87. The van der Waals surface area contributed by atoms with Gasteiger partial charge in [-0.15, -0.1) is 0 Å². The molecular formula is C21H25Cl2N3O3. The van der Waals surface area contributed by atoms with E-state index in [1.165, 1.54) is 7.11 Å². The molecule has 1 aromatic heterocycles. The van der Waals surface area contributed by atoms with Crippen molar-refractivity contribution in [3.63, 3.8) is 0 Å². The quantitative estimate of drug-likeness (QED) is 0.628. The van der Waals surface area contributed by atoms with Crippen LogP contribution in [0.3, 0.4) is 0 Å². The van der Waals surface area contributed by atoms with Crippen LogP contribution in [-0.4, -0.2) is 67.2 Å². The molecule has 1 fully saturated rings. The third-order valence-corrected chi connectivity index (χ3v) is 5.43. The van der Waals surface area contributed by atoms with Gasteiger partial charge in [-0.25, -0.2) is 0 Å². The van der Waals surface area contributed by atoms with E-state index in [0.29, 0.717) is 34.4 Å². The number of halogens is 2. The lowest BCUT2D eigenvalue weighted by Crippen LogP contribution is -2.39. The van der Waals surface area contributed by atoms with E-state index in [1.807, 2.05) is 17.0 Å². The second kappa shape index (κ2) is 10.8. The Kier molecular flexibility index (Phi) is 8.12. The SMILES string of the molecule is COc1c(Cl)cc(C(=O)N(CCCN2CCOCC2)Cc2ccncc2)cc1Cl. The van der Waals surface area contributed by atoms with Crippen LogP contribution in [0, 0.1) is 0 Å². The number of nitrogens with zero attached hydrogens (tertiary/aromatic N) is 3. The van der Waals surface area contributed by atoms with Gasteiger partial charge in [0.25, 0.3) is 5.91 Å². The van der Waals surface area contributed by atoms with Crippen molar-refractivity contribution in [3.05, 3.63) is 57.8 Å². The molecule has 0 unspecified atom stereocenters. The summed E-state index contributed by atoms with van der Waals surface area (Å²) in [6.45, 7) is 5.44. The molecule has 1 aliphatic heterocycles. The van der Waals surface area contributed by atoms with Crippen molar-refractivity contribution in [2.24, 2.45) is 0 Å². The lowest BCUT2D eigenvalue weighted by atomic mass is 10.1. The predicted octanol–water partition coefficient (Wildman–Crippen LogP) is 3.76. The summed E-state index contributed by atoms with van der Waals surface area (Å²) < 4.78 is 10.6. The van der Waals surface area contributed by atoms with Crippen molar-refractivity contribution < 1.29 is 14.3 Å². The lowest BCUT2D eigenvalue weighted by molar-refractivity contribution is 0.0355. The van der Waals surface area contributed by atoms with E-state index in [0.717, 1.165) is 44.8 Å². The monoisotopic (exact) mass is 437 g/mol. The molecule has 3 rings (SSSR count). The van der Waals surface area contributed by atoms with E-state index in [4.69, 9.17) is 32.7 Å². The summed E-state index contributed by atoms with van der Waals surface area (Å²) in [6, 6.07) is 7.04. The number of rotatable bonds is 8. The zero-order valence-electron chi connectivity index (χ0n) is 16.4. The molecule has 1 aliphatic rings. The van der Waals surface area contributed by atoms with Crippen LogP contribution in [0.5, 0.6) is 5.75 Å². The van der Waals surface area contributed by atoms with E-state index < -0.39 is 0 Å². The molecule has 2 heterocycles. The van der Waals surface area contributed by atoms with Gasteiger partial charge in [0.15, 0.2) is 5.75 Å². The summed E-state index contributed by atoms with van der Waals surface area (Å²) in [5.41, 5.74) is 1.46. The molecule has 0 radical (unpaired) electrons. The molecule has 8 heteroatoms. The number of carbonyl (C=O) groups excluding carboxylic acids is 1. The smallest absolute Gasteiger partial charge is 0.254 e. The second-order valence-corrected chi connectivity index (χ2v) is 7.68. The fourth-order valence-electron chi connectivity index (χ4n) is 3.33. The van der Waals surface area contributed by atoms with Gasteiger partial charge >= 0.3 is 0 Å². The van der Waals surface area contributed by atoms with Crippen LogP contribution in [0.15, 0.2) is 36.7 Å². The summed E-state index contributed by atoms with van der Waals surface area (Å²) in [5.74, 6) is 0.258. The molecule has 0 aliphatic carbocycles. The van der Waals surface area contributed by atoms with E-state index in [2.05, 4.69) is 9.88 Å². The number of benzene rings is 1. The maximum atomic E-state index is 13.3. The minimum Gasteiger partial charge on any atom is -0.494 e.